The van der Waals surface area contributed by atoms with Crippen molar-refractivity contribution in [2.75, 3.05) is 13.1 Å². The van der Waals surface area contributed by atoms with E-state index in [1.807, 2.05) is 18.2 Å². The minimum Gasteiger partial charge on any atom is -0.352 e. The zero-order valence-electron chi connectivity index (χ0n) is 12.0. The fourth-order valence-corrected chi connectivity index (χ4v) is 2.45. The van der Waals surface area contributed by atoms with Gasteiger partial charge in [-0.05, 0) is 36.2 Å². The van der Waals surface area contributed by atoms with E-state index in [-0.39, 0.29) is 5.91 Å². The Morgan fingerprint density at radius 3 is 3.14 bits per heavy atom. The summed E-state index contributed by atoms with van der Waals surface area (Å²) in [4.78, 5) is 16.2. The van der Waals surface area contributed by atoms with E-state index in [1.54, 1.807) is 6.92 Å². The van der Waals surface area contributed by atoms with Crippen molar-refractivity contribution in [1.82, 2.24) is 20.8 Å². The first-order valence-electron chi connectivity index (χ1n) is 7.12. The summed E-state index contributed by atoms with van der Waals surface area (Å²) in [5.41, 5.74) is 3.23. The molecule has 1 aromatic heterocycles. The van der Waals surface area contributed by atoms with Crippen LogP contribution in [0.1, 0.15) is 33.2 Å². The summed E-state index contributed by atoms with van der Waals surface area (Å²) in [5.74, 6) is 1.09. The average Bonchev–Trinajstić information content (AvgIpc) is 2.92. The predicted molar refractivity (Wildman–Crippen MR) is 76.9 cm³/mol. The molecule has 0 fully saturated rings. The molecular weight excluding hydrogens is 268 g/mol. The summed E-state index contributed by atoms with van der Waals surface area (Å²) in [6.07, 6.45) is 1.59. The topological polar surface area (TPSA) is 80.0 Å². The van der Waals surface area contributed by atoms with Gasteiger partial charge in [0.1, 0.15) is 0 Å². The first-order valence-corrected chi connectivity index (χ1v) is 7.12. The van der Waals surface area contributed by atoms with E-state index >= 15 is 0 Å². The Morgan fingerprint density at radius 2 is 2.33 bits per heavy atom. The average molecular weight is 286 g/mol. The summed E-state index contributed by atoms with van der Waals surface area (Å²) >= 11 is 0. The fourth-order valence-electron chi connectivity index (χ4n) is 2.45. The molecule has 110 valence electrons. The van der Waals surface area contributed by atoms with Crippen molar-refractivity contribution in [2.45, 2.75) is 26.3 Å². The Morgan fingerprint density at radius 1 is 1.43 bits per heavy atom. The summed E-state index contributed by atoms with van der Waals surface area (Å²) < 4.78 is 4.89. The minimum absolute atomic E-state index is 0.0661. The molecule has 1 amide bonds. The Hall–Kier alpha value is -2.21. The van der Waals surface area contributed by atoms with Crippen molar-refractivity contribution < 1.29 is 9.32 Å². The second-order valence-corrected chi connectivity index (χ2v) is 5.15. The van der Waals surface area contributed by atoms with Crippen molar-refractivity contribution in [3.05, 3.63) is 46.6 Å². The summed E-state index contributed by atoms with van der Waals surface area (Å²) in [6.45, 7) is 4.07. The van der Waals surface area contributed by atoms with Crippen LogP contribution in [0.4, 0.5) is 0 Å². The maximum absolute atomic E-state index is 12.1. The van der Waals surface area contributed by atoms with Gasteiger partial charge < -0.3 is 15.2 Å². The lowest BCUT2D eigenvalue weighted by Crippen LogP contribution is -2.27. The predicted octanol–water partition coefficient (Wildman–Crippen LogP) is 0.996. The van der Waals surface area contributed by atoms with Gasteiger partial charge in [-0.25, -0.2) is 0 Å². The highest BCUT2D eigenvalue weighted by Gasteiger charge is 2.12. The number of fused-ring (bicyclic) bond motifs is 1. The molecule has 0 atom stereocenters. The zero-order valence-corrected chi connectivity index (χ0v) is 12.0. The second kappa shape index (κ2) is 6.05. The standard InChI is InChI=1S/C15H18N4O2/c1-10-18-14(19-21-10)5-7-17-15(20)12-3-2-11-4-6-16-9-13(11)8-12/h2-3,8,16H,4-7,9H2,1H3,(H,17,20). The molecule has 0 spiro atoms. The molecule has 0 bridgehead atoms. The summed E-state index contributed by atoms with van der Waals surface area (Å²) in [7, 11) is 0. The van der Waals surface area contributed by atoms with Gasteiger partial charge in [-0.15, -0.1) is 0 Å². The van der Waals surface area contributed by atoms with Crippen LogP contribution in [0.15, 0.2) is 22.7 Å². The van der Waals surface area contributed by atoms with Gasteiger partial charge in [-0.1, -0.05) is 11.2 Å². The number of benzene rings is 1. The van der Waals surface area contributed by atoms with Gasteiger partial charge >= 0.3 is 0 Å². The number of rotatable bonds is 4. The SMILES string of the molecule is Cc1nc(CCNC(=O)c2ccc3c(c2)CNCC3)no1. The molecule has 1 aliphatic rings. The van der Waals surface area contributed by atoms with Gasteiger partial charge in [-0.3, -0.25) is 4.79 Å². The van der Waals surface area contributed by atoms with Crippen molar-refractivity contribution in [2.24, 2.45) is 0 Å². The number of hydrogen-bond acceptors (Lipinski definition) is 5. The molecule has 0 radical (unpaired) electrons. The lowest BCUT2D eigenvalue weighted by molar-refractivity contribution is 0.0953. The number of amides is 1. The third-order valence-corrected chi connectivity index (χ3v) is 3.56. The van der Waals surface area contributed by atoms with Gasteiger partial charge in [-0.2, -0.15) is 4.98 Å². The van der Waals surface area contributed by atoms with E-state index in [1.165, 1.54) is 11.1 Å². The molecule has 2 heterocycles. The molecule has 1 aromatic carbocycles. The fraction of sp³-hybridized carbons (Fsp3) is 0.400. The van der Waals surface area contributed by atoms with Gasteiger partial charge in [0.05, 0.1) is 0 Å². The van der Waals surface area contributed by atoms with Crippen LogP contribution >= 0.6 is 0 Å². The van der Waals surface area contributed by atoms with Gasteiger partial charge in [0.2, 0.25) is 5.89 Å². The molecule has 0 saturated carbocycles. The summed E-state index contributed by atoms with van der Waals surface area (Å²) in [6, 6.07) is 5.90. The lowest BCUT2D eigenvalue weighted by atomic mass is 9.98. The molecule has 0 aliphatic carbocycles. The van der Waals surface area contributed by atoms with Crippen LogP contribution < -0.4 is 10.6 Å². The normalized spacial score (nSPS) is 13.8. The molecule has 1 aliphatic heterocycles. The van der Waals surface area contributed by atoms with Crippen LogP contribution in [0.3, 0.4) is 0 Å². The molecule has 0 unspecified atom stereocenters. The number of carbonyl (C=O) groups excluding carboxylic acids is 1. The van der Waals surface area contributed by atoms with Crippen LogP contribution in [0, 0.1) is 6.92 Å². The Kier molecular flexibility index (Phi) is 3.96. The summed E-state index contributed by atoms with van der Waals surface area (Å²) in [5, 5.41) is 10.00. The van der Waals surface area contributed by atoms with E-state index in [0.29, 0.717) is 30.2 Å². The van der Waals surface area contributed by atoms with E-state index in [2.05, 4.69) is 20.8 Å². The molecule has 2 aromatic rings. The van der Waals surface area contributed by atoms with E-state index in [4.69, 9.17) is 4.52 Å². The van der Waals surface area contributed by atoms with Crippen molar-refractivity contribution >= 4 is 5.91 Å². The van der Waals surface area contributed by atoms with Crippen LogP contribution in [0.5, 0.6) is 0 Å². The van der Waals surface area contributed by atoms with Crippen molar-refractivity contribution in [3.63, 3.8) is 0 Å². The zero-order chi connectivity index (χ0) is 14.7. The monoisotopic (exact) mass is 286 g/mol. The van der Waals surface area contributed by atoms with Gasteiger partial charge in [0, 0.05) is 32.0 Å². The number of nitrogens with one attached hydrogen (secondary N) is 2. The smallest absolute Gasteiger partial charge is 0.251 e. The third kappa shape index (κ3) is 3.28. The van der Waals surface area contributed by atoms with Crippen LogP contribution in [0.25, 0.3) is 0 Å². The molecule has 0 saturated heterocycles. The largest absolute Gasteiger partial charge is 0.352 e. The van der Waals surface area contributed by atoms with E-state index in [0.717, 1.165) is 19.5 Å². The number of carbonyl (C=O) groups is 1. The molecule has 6 nitrogen and oxygen atoms in total. The van der Waals surface area contributed by atoms with Gasteiger partial charge in [0.15, 0.2) is 5.82 Å². The second-order valence-electron chi connectivity index (χ2n) is 5.15. The maximum atomic E-state index is 12.1. The van der Waals surface area contributed by atoms with E-state index in [9.17, 15) is 4.79 Å². The van der Waals surface area contributed by atoms with Crippen LogP contribution in [0.2, 0.25) is 0 Å². The maximum Gasteiger partial charge on any atom is 0.251 e. The van der Waals surface area contributed by atoms with E-state index < -0.39 is 0 Å². The highest BCUT2D eigenvalue weighted by molar-refractivity contribution is 5.94. The molecule has 2 N–H and O–H groups in total. The Balaban J connectivity index is 1.57. The van der Waals surface area contributed by atoms with Gasteiger partial charge in [0.25, 0.3) is 5.91 Å². The molecular formula is C15H18N4O2. The number of nitrogens with zero attached hydrogens (tertiary/aromatic N) is 2. The molecule has 6 heteroatoms. The van der Waals surface area contributed by atoms with Crippen molar-refractivity contribution in [1.29, 1.82) is 0 Å². The van der Waals surface area contributed by atoms with Crippen LogP contribution in [-0.2, 0) is 19.4 Å². The van der Waals surface area contributed by atoms with Crippen LogP contribution in [-0.4, -0.2) is 29.1 Å². The first-order chi connectivity index (χ1) is 10.2. The van der Waals surface area contributed by atoms with Crippen molar-refractivity contribution in [3.8, 4) is 0 Å². The Labute approximate surface area is 122 Å². The number of aryl methyl sites for hydroxylation is 1. The highest BCUT2D eigenvalue weighted by Crippen LogP contribution is 2.15. The first kappa shape index (κ1) is 13.8. The number of hydrogen-bond donors (Lipinski definition) is 2. The molecule has 3 rings (SSSR count). The molecule has 21 heavy (non-hydrogen) atoms. The number of aromatic nitrogens is 2. The highest BCUT2D eigenvalue weighted by atomic mass is 16.5. The third-order valence-electron chi connectivity index (χ3n) is 3.56. The Bertz CT molecular complexity index is 651. The lowest BCUT2D eigenvalue weighted by Gasteiger charge is -2.17. The minimum atomic E-state index is -0.0661. The quantitative estimate of drug-likeness (QED) is 0.876.